The van der Waals surface area contributed by atoms with Gasteiger partial charge in [0.15, 0.2) is 0 Å². The molecule has 110 valence electrons. The molecule has 0 aliphatic heterocycles. The van der Waals surface area contributed by atoms with Gasteiger partial charge in [0.25, 0.3) is 0 Å². The van der Waals surface area contributed by atoms with Gasteiger partial charge in [-0.3, -0.25) is 0 Å². The van der Waals surface area contributed by atoms with Gasteiger partial charge in [-0.15, -0.1) is 0 Å². The van der Waals surface area contributed by atoms with E-state index in [1.165, 1.54) is 26.5 Å². The second-order valence-electron chi connectivity index (χ2n) is 4.20. The first-order valence-electron chi connectivity index (χ1n) is 6.25. The molecule has 0 spiro atoms. The van der Waals surface area contributed by atoms with E-state index in [1.807, 2.05) is 0 Å². The topological polar surface area (TPSA) is 60.5 Å². The summed E-state index contributed by atoms with van der Waals surface area (Å²) in [6.07, 6.45) is 1.48. The van der Waals surface area contributed by atoms with Crippen LogP contribution in [0.1, 0.15) is 15.9 Å². The molecule has 0 aliphatic carbocycles. The summed E-state index contributed by atoms with van der Waals surface area (Å²) in [6, 6.07) is 7.70. The lowest BCUT2D eigenvalue weighted by atomic mass is 10.2. The molecule has 0 bridgehead atoms. The predicted octanol–water partition coefficient (Wildman–Crippen LogP) is 2.63. The highest BCUT2D eigenvalue weighted by molar-refractivity contribution is 5.89. The van der Waals surface area contributed by atoms with Gasteiger partial charge in [-0.2, -0.15) is 0 Å². The number of ether oxygens (including phenoxy) is 2. The van der Waals surface area contributed by atoms with Gasteiger partial charge in [0.1, 0.15) is 17.4 Å². The zero-order valence-corrected chi connectivity index (χ0v) is 11.7. The van der Waals surface area contributed by atoms with Crippen molar-refractivity contribution in [1.82, 2.24) is 4.98 Å². The van der Waals surface area contributed by atoms with E-state index in [9.17, 15) is 9.18 Å². The van der Waals surface area contributed by atoms with Crippen LogP contribution in [0.5, 0.6) is 5.75 Å². The summed E-state index contributed by atoms with van der Waals surface area (Å²) in [6.45, 7) is 0.188. The quantitative estimate of drug-likeness (QED) is 0.858. The minimum Gasteiger partial charge on any atom is -0.496 e. The largest absolute Gasteiger partial charge is 0.496 e. The molecule has 1 heterocycles. The fraction of sp³-hybridized carbons (Fsp3) is 0.200. The van der Waals surface area contributed by atoms with Crippen LogP contribution in [0.15, 0.2) is 36.5 Å². The van der Waals surface area contributed by atoms with E-state index in [4.69, 9.17) is 4.74 Å². The van der Waals surface area contributed by atoms with Crippen LogP contribution in [0.2, 0.25) is 0 Å². The Hall–Kier alpha value is -2.63. The molecule has 2 rings (SSSR count). The molecule has 0 saturated carbocycles. The molecule has 0 saturated heterocycles. The Bertz CT molecular complexity index is 647. The number of nitrogens with one attached hydrogen (secondary N) is 1. The Morgan fingerprint density at radius 2 is 2.14 bits per heavy atom. The smallest absolute Gasteiger partial charge is 0.338 e. The maximum atomic E-state index is 13.8. The molecule has 1 aromatic heterocycles. The van der Waals surface area contributed by atoms with E-state index in [2.05, 4.69) is 15.0 Å². The van der Waals surface area contributed by atoms with Gasteiger partial charge < -0.3 is 14.8 Å². The number of anilines is 1. The van der Waals surface area contributed by atoms with Gasteiger partial charge >= 0.3 is 5.97 Å². The Morgan fingerprint density at radius 3 is 2.86 bits per heavy atom. The van der Waals surface area contributed by atoms with Crippen LogP contribution in [0.25, 0.3) is 0 Å². The third kappa shape index (κ3) is 3.47. The highest BCUT2D eigenvalue weighted by Crippen LogP contribution is 2.22. The van der Waals surface area contributed by atoms with E-state index >= 15 is 0 Å². The first kappa shape index (κ1) is 14.8. The van der Waals surface area contributed by atoms with Crippen molar-refractivity contribution in [3.05, 3.63) is 53.5 Å². The summed E-state index contributed by atoms with van der Waals surface area (Å²) in [5.41, 5.74) is 0.765. The molecule has 0 fully saturated rings. The molecule has 0 aliphatic rings. The fourth-order valence-corrected chi connectivity index (χ4v) is 1.85. The zero-order valence-electron chi connectivity index (χ0n) is 11.7. The average Bonchev–Trinajstić information content (AvgIpc) is 2.53. The van der Waals surface area contributed by atoms with E-state index < -0.39 is 5.97 Å². The van der Waals surface area contributed by atoms with E-state index in [0.717, 1.165) is 0 Å². The van der Waals surface area contributed by atoms with Crippen LogP contribution in [0.4, 0.5) is 10.2 Å². The molecule has 0 amide bonds. The Balaban J connectivity index is 2.15. The molecule has 0 unspecified atom stereocenters. The van der Waals surface area contributed by atoms with Crippen molar-refractivity contribution >= 4 is 11.8 Å². The van der Waals surface area contributed by atoms with Crippen LogP contribution in [0.3, 0.4) is 0 Å². The molecule has 21 heavy (non-hydrogen) atoms. The van der Waals surface area contributed by atoms with Crippen molar-refractivity contribution in [2.75, 3.05) is 19.5 Å². The number of carbonyl (C=O) groups is 1. The van der Waals surface area contributed by atoms with Crippen molar-refractivity contribution in [2.24, 2.45) is 0 Å². The molecular formula is C15H15FN2O3. The average molecular weight is 290 g/mol. The summed E-state index contributed by atoms with van der Waals surface area (Å²) >= 11 is 0. The van der Waals surface area contributed by atoms with Crippen LogP contribution < -0.4 is 10.1 Å². The minimum atomic E-state index is -0.455. The summed E-state index contributed by atoms with van der Waals surface area (Å²) in [5, 5.41) is 2.96. The van der Waals surface area contributed by atoms with Crippen molar-refractivity contribution in [3.63, 3.8) is 0 Å². The molecule has 0 radical (unpaired) electrons. The minimum absolute atomic E-state index is 0.188. The standard InChI is InChI=1S/C15H15FN2O3/c1-20-13-5-3-4-12(16)11(13)9-18-14-8-10(6-7-17-14)15(19)21-2/h3-8H,9H2,1-2H3,(H,17,18). The third-order valence-electron chi connectivity index (χ3n) is 2.92. The number of aromatic nitrogens is 1. The predicted molar refractivity (Wildman–Crippen MR) is 75.9 cm³/mol. The van der Waals surface area contributed by atoms with Gasteiger partial charge in [-0.1, -0.05) is 6.07 Å². The normalized spacial score (nSPS) is 10.0. The monoisotopic (exact) mass is 290 g/mol. The number of benzene rings is 1. The highest BCUT2D eigenvalue weighted by atomic mass is 19.1. The SMILES string of the molecule is COC(=O)c1ccnc(NCc2c(F)cccc2OC)c1. The molecule has 6 heteroatoms. The number of carbonyl (C=O) groups excluding carboxylic acids is 1. The van der Waals surface area contributed by atoms with Crippen LogP contribution in [0, 0.1) is 5.82 Å². The summed E-state index contributed by atoms with van der Waals surface area (Å²) in [7, 11) is 2.79. The first-order valence-corrected chi connectivity index (χ1v) is 6.25. The molecule has 5 nitrogen and oxygen atoms in total. The molecule has 1 aromatic carbocycles. The summed E-state index contributed by atoms with van der Waals surface area (Å²) in [5.74, 6) is 0.0738. The van der Waals surface area contributed by atoms with Crippen molar-refractivity contribution < 1.29 is 18.7 Å². The van der Waals surface area contributed by atoms with Crippen LogP contribution >= 0.6 is 0 Å². The van der Waals surface area contributed by atoms with Gasteiger partial charge in [0.05, 0.1) is 19.8 Å². The second kappa shape index (κ2) is 6.69. The Labute approximate surface area is 121 Å². The number of esters is 1. The number of hydrogen-bond donors (Lipinski definition) is 1. The van der Waals surface area contributed by atoms with Gasteiger partial charge in [-0.25, -0.2) is 14.2 Å². The Kier molecular flexibility index (Phi) is 4.71. The lowest BCUT2D eigenvalue weighted by Crippen LogP contribution is -2.07. The number of rotatable bonds is 5. The highest BCUT2D eigenvalue weighted by Gasteiger charge is 2.10. The molecule has 0 atom stereocenters. The summed E-state index contributed by atoms with van der Waals surface area (Å²) < 4.78 is 23.5. The zero-order chi connectivity index (χ0) is 15.2. The van der Waals surface area contributed by atoms with Crippen molar-refractivity contribution in [1.29, 1.82) is 0 Å². The number of hydrogen-bond acceptors (Lipinski definition) is 5. The van der Waals surface area contributed by atoms with E-state index in [0.29, 0.717) is 22.7 Å². The van der Waals surface area contributed by atoms with Gasteiger partial charge in [0, 0.05) is 18.3 Å². The fourth-order valence-electron chi connectivity index (χ4n) is 1.85. The van der Waals surface area contributed by atoms with Crippen LogP contribution in [-0.4, -0.2) is 25.2 Å². The second-order valence-corrected chi connectivity index (χ2v) is 4.20. The van der Waals surface area contributed by atoms with Gasteiger partial charge in [0.2, 0.25) is 0 Å². The summed E-state index contributed by atoms with van der Waals surface area (Å²) in [4.78, 5) is 15.5. The van der Waals surface area contributed by atoms with Crippen molar-refractivity contribution in [3.8, 4) is 5.75 Å². The maximum absolute atomic E-state index is 13.8. The first-order chi connectivity index (χ1) is 10.2. The third-order valence-corrected chi connectivity index (χ3v) is 2.92. The van der Waals surface area contributed by atoms with E-state index in [-0.39, 0.29) is 12.4 Å². The van der Waals surface area contributed by atoms with Gasteiger partial charge in [-0.05, 0) is 24.3 Å². The van der Waals surface area contributed by atoms with E-state index in [1.54, 1.807) is 24.3 Å². The van der Waals surface area contributed by atoms with Crippen LogP contribution in [-0.2, 0) is 11.3 Å². The maximum Gasteiger partial charge on any atom is 0.338 e. The number of halogens is 1. The lowest BCUT2D eigenvalue weighted by Gasteiger charge is -2.11. The molecule has 1 N–H and O–H groups in total. The molecule has 2 aromatic rings. The number of methoxy groups -OCH3 is 2. The Morgan fingerprint density at radius 1 is 1.33 bits per heavy atom. The van der Waals surface area contributed by atoms with Crippen molar-refractivity contribution in [2.45, 2.75) is 6.54 Å². The lowest BCUT2D eigenvalue weighted by molar-refractivity contribution is 0.0600. The number of pyridine rings is 1. The molecular weight excluding hydrogens is 275 g/mol. The number of nitrogens with zero attached hydrogens (tertiary/aromatic N) is 1.